The number of aromatic nitrogens is 4. The van der Waals surface area contributed by atoms with Gasteiger partial charge in [0.15, 0.2) is 0 Å². The second kappa shape index (κ2) is 8.60. The van der Waals surface area contributed by atoms with Crippen LogP contribution in [0.1, 0.15) is 17.3 Å². The van der Waals surface area contributed by atoms with Crippen molar-refractivity contribution in [3.63, 3.8) is 0 Å². The van der Waals surface area contributed by atoms with Crippen molar-refractivity contribution < 1.29 is 0 Å². The second-order valence-electron chi connectivity index (χ2n) is 6.15. The van der Waals surface area contributed by atoms with Crippen molar-refractivity contribution in [2.24, 2.45) is 0 Å². The van der Waals surface area contributed by atoms with Crippen molar-refractivity contribution in [2.45, 2.75) is 5.92 Å². The molecule has 4 aromatic rings. The van der Waals surface area contributed by atoms with Crippen LogP contribution in [0.2, 0.25) is 0 Å². The largest absolute Gasteiger partial charge is 0.249 e. The van der Waals surface area contributed by atoms with E-state index in [-0.39, 0.29) is 0 Å². The zero-order chi connectivity index (χ0) is 20.2. The minimum Gasteiger partial charge on any atom is -0.249 e. The van der Waals surface area contributed by atoms with Crippen LogP contribution in [0.4, 0.5) is 0 Å². The number of rotatable bonds is 4. The molecule has 0 bridgehead atoms. The second-order valence-corrected chi connectivity index (χ2v) is 7.77. The molecule has 0 radical (unpaired) electrons. The van der Waals surface area contributed by atoms with Gasteiger partial charge in [-0.1, -0.05) is 24.3 Å². The summed E-state index contributed by atoms with van der Waals surface area (Å²) in [5, 5.41) is 9.87. The number of hydrogen-bond acceptors (Lipinski definition) is 5. The third-order valence-corrected chi connectivity index (χ3v) is 5.10. The van der Waals surface area contributed by atoms with E-state index in [0.29, 0.717) is 22.8 Å². The summed E-state index contributed by atoms with van der Waals surface area (Å²) in [6.07, 6.45) is 0. The van der Waals surface area contributed by atoms with Crippen LogP contribution in [0.25, 0.3) is 22.8 Å². The van der Waals surface area contributed by atoms with Crippen LogP contribution in [0.3, 0.4) is 0 Å². The summed E-state index contributed by atoms with van der Waals surface area (Å²) >= 11 is 6.76. The number of hydrogen-bond donors (Lipinski definition) is 0. The number of halogens is 2. The van der Waals surface area contributed by atoms with Gasteiger partial charge in [-0.25, -0.2) is 19.9 Å². The van der Waals surface area contributed by atoms with E-state index in [0.717, 1.165) is 20.6 Å². The fourth-order valence-electron chi connectivity index (χ4n) is 2.90. The Morgan fingerprint density at radius 1 is 0.586 bits per heavy atom. The summed E-state index contributed by atoms with van der Waals surface area (Å²) in [7, 11) is 0. The number of pyridine rings is 4. The van der Waals surface area contributed by atoms with E-state index in [1.165, 1.54) is 0 Å². The van der Waals surface area contributed by atoms with Crippen LogP contribution in [0.15, 0.2) is 82.0 Å². The van der Waals surface area contributed by atoms with Crippen LogP contribution in [-0.2, 0) is 0 Å². The van der Waals surface area contributed by atoms with Gasteiger partial charge in [-0.05, 0) is 80.4 Å². The van der Waals surface area contributed by atoms with Crippen molar-refractivity contribution in [2.75, 3.05) is 0 Å². The first-order valence-corrected chi connectivity index (χ1v) is 10.3. The maximum Gasteiger partial charge on any atom is 0.130 e. The lowest BCUT2D eigenvalue weighted by Crippen LogP contribution is -2.05. The van der Waals surface area contributed by atoms with Gasteiger partial charge in [0.05, 0.1) is 40.2 Å². The van der Waals surface area contributed by atoms with Gasteiger partial charge < -0.3 is 0 Å². The van der Waals surface area contributed by atoms with E-state index in [4.69, 9.17) is 0 Å². The molecule has 0 spiro atoms. The SMILES string of the molecule is N#CC(c1cccc(-c2cccc(Br)n2)n1)c1cccc(-c2cccc(Br)n2)n1. The molecule has 4 rings (SSSR count). The van der Waals surface area contributed by atoms with Crippen molar-refractivity contribution in [1.82, 2.24) is 19.9 Å². The third-order valence-electron chi connectivity index (χ3n) is 4.22. The Morgan fingerprint density at radius 2 is 0.966 bits per heavy atom. The molecule has 0 aliphatic heterocycles. The van der Waals surface area contributed by atoms with Gasteiger partial charge in [0, 0.05) is 0 Å². The minimum absolute atomic E-state index is 0.603. The minimum atomic E-state index is -0.603. The van der Waals surface area contributed by atoms with E-state index < -0.39 is 5.92 Å². The summed E-state index contributed by atoms with van der Waals surface area (Å²) in [4.78, 5) is 18.3. The molecule has 0 unspecified atom stereocenters. The molecule has 5 nitrogen and oxygen atoms in total. The van der Waals surface area contributed by atoms with Crippen LogP contribution in [0.5, 0.6) is 0 Å². The summed E-state index contributed by atoms with van der Waals surface area (Å²) < 4.78 is 1.46. The molecule has 0 atom stereocenters. The lowest BCUT2D eigenvalue weighted by Gasteiger charge is -2.11. The van der Waals surface area contributed by atoms with E-state index in [2.05, 4.69) is 57.9 Å². The first kappa shape index (κ1) is 19.4. The van der Waals surface area contributed by atoms with Gasteiger partial charge >= 0.3 is 0 Å². The fourth-order valence-corrected chi connectivity index (χ4v) is 3.58. The van der Waals surface area contributed by atoms with Gasteiger partial charge in [0.2, 0.25) is 0 Å². The average molecular weight is 507 g/mol. The Morgan fingerprint density at radius 3 is 1.34 bits per heavy atom. The zero-order valence-corrected chi connectivity index (χ0v) is 18.2. The molecule has 4 heterocycles. The molecule has 29 heavy (non-hydrogen) atoms. The smallest absolute Gasteiger partial charge is 0.130 e. The predicted octanol–water partition coefficient (Wildman–Crippen LogP) is 5.78. The Bertz CT molecular complexity index is 1130. The van der Waals surface area contributed by atoms with Crippen molar-refractivity contribution in [3.05, 3.63) is 93.4 Å². The molecule has 0 amide bonds. The zero-order valence-electron chi connectivity index (χ0n) is 15.0. The Balaban J connectivity index is 1.73. The normalized spacial score (nSPS) is 10.7. The molecule has 0 aromatic carbocycles. The Labute approximate surface area is 184 Å². The highest BCUT2D eigenvalue weighted by Gasteiger charge is 2.18. The highest BCUT2D eigenvalue weighted by atomic mass is 79.9. The molecule has 0 fully saturated rings. The summed E-state index contributed by atoms with van der Waals surface area (Å²) in [5.74, 6) is -0.603. The maximum atomic E-state index is 9.87. The topological polar surface area (TPSA) is 75.3 Å². The van der Waals surface area contributed by atoms with Crippen LogP contribution < -0.4 is 0 Å². The fraction of sp³-hybridized carbons (Fsp3) is 0.0455. The molecule has 0 saturated carbocycles. The summed E-state index contributed by atoms with van der Waals surface area (Å²) in [5.41, 5.74) is 4.12. The lowest BCUT2D eigenvalue weighted by molar-refractivity contribution is 0.918. The first-order chi connectivity index (χ1) is 14.1. The summed E-state index contributed by atoms with van der Waals surface area (Å²) in [6, 6.07) is 24.8. The number of nitrogens with zero attached hydrogens (tertiary/aromatic N) is 5. The Hall–Kier alpha value is -2.95. The van der Waals surface area contributed by atoms with E-state index in [9.17, 15) is 5.26 Å². The van der Waals surface area contributed by atoms with Gasteiger partial charge in [-0.2, -0.15) is 5.26 Å². The first-order valence-electron chi connectivity index (χ1n) is 8.73. The number of nitriles is 1. The van der Waals surface area contributed by atoms with Crippen molar-refractivity contribution in [1.29, 1.82) is 5.26 Å². The summed E-state index contributed by atoms with van der Waals surface area (Å²) in [6.45, 7) is 0. The molecule has 0 aliphatic rings. The van der Waals surface area contributed by atoms with Crippen molar-refractivity contribution in [3.8, 4) is 28.8 Å². The monoisotopic (exact) mass is 505 g/mol. The standard InChI is InChI=1S/C22H13Br2N5/c23-21-11-3-9-19(28-21)17-7-1-5-15(26-17)14(13-25)16-6-2-8-18(27-16)20-10-4-12-22(24)29-20/h1-12,14H. The maximum absolute atomic E-state index is 9.87. The van der Waals surface area contributed by atoms with Gasteiger partial charge in [-0.3, -0.25) is 0 Å². The third kappa shape index (κ3) is 4.39. The lowest BCUT2D eigenvalue weighted by atomic mass is 10.0. The van der Waals surface area contributed by atoms with E-state index >= 15 is 0 Å². The van der Waals surface area contributed by atoms with Gasteiger partial charge in [-0.15, -0.1) is 0 Å². The molecule has 0 aliphatic carbocycles. The van der Waals surface area contributed by atoms with Gasteiger partial charge in [0.25, 0.3) is 0 Å². The van der Waals surface area contributed by atoms with Crippen LogP contribution in [-0.4, -0.2) is 19.9 Å². The average Bonchev–Trinajstić information content (AvgIpc) is 2.75. The quantitative estimate of drug-likeness (QED) is 0.328. The molecular formula is C22H13Br2N5. The molecule has 4 aromatic heterocycles. The van der Waals surface area contributed by atoms with E-state index in [1.54, 1.807) is 0 Å². The van der Waals surface area contributed by atoms with Crippen molar-refractivity contribution >= 4 is 31.9 Å². The molecule has 0 saturated heterocycles. The van der Waals surface area contributed by atoms with Crippen LogP contribution in [0, 0.1) is 11.3 Å². The van der Waals surface area contributed by atoms with Crippen LogP contribution >= 0.6 is 31.9 Å². The Kier molecular flexibility index (Phi) is 5.74. The van der Waals surface area contributed by atoms with E-state index in [1.807, 2.05) is 72.8 Å². The highest BCUT2D eigenvalue weighted by molar-refractivity contribution is 9.10. The molecule has 0 N–H and O–H groups in total. The molecule has 7 heteroatoms. The van der Waals surface area contributed by atoms with Gasteiger partial charge in [0.1, 0.15) is 15.1 Å². The highest BCUT2D eigenvalue weighted by Crippen LogP contribution is 2.26. The molecule has 140 valence electrons. The predicted molar refractivity (Wildman–Crippen MR) is 118 cm³/mol. The molecular weight excluding hydrogens is 494 g/mol.